The van der Waals surface area contributed by atoms with Crippen molar-refractivity contribution >= 4 is 22.9 Å². The number of H-pyrrole nitrogens is 1. The van der Waals surface area contributed by atoms with E-state index < -0.39 is 6.10 Å². The number of benzene rings is 1. The Balaban J connectivity index is 1.81. The number of anilines is 2. The van der Waals surface area contributed by atoms with Crippen molar-refractivity contribution in [3.05, 3.63) is 30.2 Å². The molecule has 1 amide bonds. The number of hydrogen-bond acceptors (Lipinski definition) is 7. The minimum absolute atomic E-state index is 0.193. The predicted octanol–water partition coefficient (Wildman–Crippen LogP) is 0.896. The van der Waals surface area contributed by atoms with Crippen LogP contribution in [0.2, 0.25) is 0 Å². The number of aromatic amines is 1. The molecule has 9 nitrogen and oxygen atoms in total. The molecule has 2 heterocycles. The van der Waals surface area contributed by atoms with Crippen molar-refractivity contribution in [3.63, 3.8) is 0 Å². The standard InChI is InChI=1S/C13H11N7O2/c1-7-13(21)16-10-4-9(2-3-11(10)22-7)15-6-8(5-14)12-17-19-20-18-12/h2-4,6-7,15H,1H3,(H,16,21)(H,17,18,19,20). The highest BCUT2D eigenvalue weighted by molar-refractivity contribution is 5.98. The minimum atomic E-state index is -0.519. The molecule has 1 aliphatic heterocycles. The van der Waals surface area contributed by atoms with E-state index in [4.69, 9.17) is 10.00 Å². The first-order chi connectivity index (χ1) is 10.7. The van der Waals surface area contributed by atoms with Crippen molar-refractivity contribution < 1.29 is 9.53 Å². The van der Waals surface area contributed by atoms with E-state index in [2.05, 4.69) is 31.3 Å². The van der Waals surface area contributed by atoms with E-state index >= 15 is 0 Å². The summed E-state index contributed by atoms with van der Waals surface area (Å²) < 4.78 is 5.46. The van der Waals surface area contributed by atoms with Crippen molar-refractivity contribution in [1.29, 1.82) is 5.26 Å². The number of hydrogen-bond donors (Lipinski definition) is 3. The van der Waals surface area contributed by atoms with E-state index in [0.29, 0.717) is 17.1 Å². The summed E-state index contributed by atoms with van der Waals surface area (Å²) in [6.45, 7) is 1.68. The number of carbonyl (C=O) groups is 1. The van der Waals surface area contributed by atoms with Crippen LogP contribution in [0, 0.1) is 11.3 Å². The molecular weight excluding hydrogens is 286 g/mol. The van der Waals surface area contributed by atoms with E-state index in [9.17, 15) is 4.79 Å². The van der Waals surface area contributed by atoms with Gasteiger partial charge in [-0.05, 0) is 30.3 Å². The van der Waals surface area contributed by atoms with Gasteiger partial charge < -0.3 is 15.4 Å². The summed E-state index contributed by atoms with van der Waals surface area (Å²) in [5.74, 6) is 0.587. The lowest BCUT2D eigenvalue weighted by Crippen LogP contribution is -2.34. The number of rotatable bonds is 3. The van der Waals surface area contributed by atoms with Crippen LogP contribution in [-0.4, -0.2) is 32.6 Å². The van der Waals surface area contributed by atoms with Gasteiger partial charge in [0, 0.05) is 11.9 Å². The molecule has 2 aromatic rings. The second-order valence-electron chi connectivity index (χ2n) is 4.51. The monoisotopic (exact) mass is 297 g/mol. The molecule has 0 aliphatic carbocycles. The van der Waals surface area contributed by atoms with Gasteiger partial charge in [-0.2, -0.15) is 10.5 Å². The van der Waals surface area contributed by atoms with Crippen molar-refractivity contribution in [1.82, 2.24) is 20.6 Å². The summed E-state index contributed by atoms with van der Waals surface area (Å²) in [7, 11) is 0. The second-order valence-corrected chi connectivity index (χ2v) is 4.51. The zero-order valence-corrected chi connectivity index (χ0v) is 11.5. The Morgan fingerprint density at radius 3 is 3.14 bits per heavy atom. The average Bonchev–Trinajstić information content (AvgIpc) is 3.03. The number of carbonyl (C=O) groups excluding carboxylic acids is 1. The third-order valence-corrected chi connectivity index (χ3v) is 3.00. The van der Waals surface area contributed by atoms with Gasteiger partial charge in [0.2, 0.25) is 5.82 Å². The molecule has 1 aliphatic rings. The van der Waals surface area contributed by atoms with E-state index in [1.54, 1.807) is 25.1 Å². The van der Waals surface area contributed by atoms with Crippen molar-refractivity contribution in [2.45, 2.75) is 13.0 Å². The number of allylic oxidation sites excluding steroid dienone is 1. The molecule has 9 heteroatoms. The van der Waals surface area contributed by atoms with Crippen LogP contribution in [0.1, 0.15) is 12.7 Å². The molecule has 3 N–H and O–H groups in total. The molecule has 0 saturated carbocycles. The van der Waals surface area contributed by atoms with Crippen LogP contribution in [0.4, 0.5) is 11.4 Å². The van der Waals surface area contributed by atoms with E-state index in [1.165, 1.54) is 6.20 Å². The Morgan fingerprint density at radius 1 is 1.55 bits per heavy atom. The molecule has 22 heavy (non-hydrogen) atoms. The minimum Gasteiger partial charge on any atom is -0.479 e. The number of nitriles is 1. The van der Waals surface area contributed by atoms with E-state index in [-0.39, 0.29) is 17.3 Å². The SMILES string of the molecule is CC1Oc2ccc(NC=C(C#N)c3nn[nH]n3)cc2NC1=O. The Morgan fingerprint density at radius 2 is 2.41 bits per heavy atom. The van der Waals surface area contributed by atoms with Crippen LogP contribution < -0.4 is 15.4 Å². The lowest BCUT2D eigenvalue weighted by atomic mass is 10.2. The van der Waals surface area contributed by atoms with Gasteiger partial charge in [0.1, 0.15) is 17.4 Å². The molecule has 0 bridgehead atoms. The molecule has 1 unspecified atom stereocenters. The first-order valence-electron chi connectivity index (χ1n) is 6.39. The molecule has 110 valence electrons. The zero-order chi connectivity index (χ0) is 15.5. The highest BCUT2D eigenvalue weighted by Gasteiger charge is 2.23. The summed E-state index contributed by atoms with van der Waals surface area (Å²) >= 11 is 0. The van der Waals surface area contributed by atoms with Crippen LogP contribution in [0.3, 0.4) is 0 Å². The van der Waals surface area contributed by atoms with Gasteiger partial charge in [0.05, 0.1) is 5.69 Å². The Bertz CT molecular complexity index is 776. The fourth-order valence-electron chi connectivity index (χ4n) is 1.88. The lowest BCUT2D eigenvalue weighted by Gasteiger charge is -2.23. The summed E-state index contributed by atoms with van der Waals surface area (Å²) in [5.41, 5.74) is 1.47. The number of amides is 1. The molecule has 0 radical (unpaired) electrons. The molecule has 1 atom stereocenters. The maximum atomic E-state index is 11.6. The third-order valence-electron chi connectivity index (χ3n) is 3.00. The molecule has 3 rings (SSSR count). The first-order valence-corrected chi connectivity index (χ1v) is 6.39. The van der Waals surface area contributed by atoms with Gasteiger partial charge >= 0.3 is 0 Å². The summed E-state index contributed by atoms with van der Waals surface area (Å²) in [5, 5.41) is 27.9. The summed E-state index contributed by atoms with van der Waals surface area (Å²) in [4.78, 5) is 11.6. The number of tetrazole rings is 1. The van der Waals surface area contributed by atoms with Crippen LogP contribution in [0.15, 0.2) is 24.4 Å². The van der Waals surface area contributed by atoms with Crippen molar-refractivity contribution in [2.24, 2.45) is 0 Å². The van der Waals surface area contributed by atoms with Crippen LogP contribution in [-0.2, 0) is 4.79 Å². The maximum Gasteiger partial charge on any atom is 0.265 e. The molecular formula is C13H11N7O2. The highest BCUT2D eigenvalue weighted by atomic mass is 16.5. The Labute approximate surface area is 125 Å². The number of fused-ring (bicyclic) bond motifs is 1. The normalized spacial score (nSPS) is 17.0. The predicted molar refractivity (Wildman–Crippen MR) is 76.6 cm³/mol. The van der Waals surface area contributed by atoms with Gasteiger partial charge in [-0.3, -0.25) is 4.79 Å². The fraction of sp³-hybridized carbons (Fsp3) is 0.154. The highest BCUT2D eigenvalue weighted by Crippen LogP contribution is 2.32. The molecule has 0 spiro atoms. The number of nitrogens with zero attached hydrogens (tertiary/aromatic N) is 4. The summed E-state index contributed by atoms with van der Waals surface area (Å²) in [6.07, 6.45) is 0.940. The number of ether oxygens (including phenoxy) is 1. The fourth-order valence-corrected chi connectivity index (χ4v) is 1.88. The second kappa shape index (κ2) is 5.53. The van der Waals surface area contributed by atoms with Gasteiger partial charge in [0.25, 0.3) is 5.91 Å². The van der Waals surface area contributed by atoms with Crippen molar-refractivity contribution in [2.75, 3.05) is 10.6 Å². The largest absolute Gasteiger partial charge is 0.479 e. The quantitative estimate of drug-likeness (QED) is 0.717. The molecule has 0 saturated heterocycles. The lowest BCUT2D eigenvalue weighted by molar-refractivity contribution is -0.122. The summed E-state index contributed by atoms with van der Waals surface area (Å²) in [6, 6.07) is 7.18. The van der Waals surface area contributed by atoms with Gasteiger partial charge in [-0.15, -0.1) is 10.2 Å². The number of nitrogens with one attached hydrogen (secondary N) is 3. The first kappa shape index (κ1) is 13.6. The van der Waals surface area contributed by atoms with Crippen LogP contribution in [0.5, 0.6) is 5.75 Å². The van der Waals surface area contributed by atoms with Gasteiger partial charge in [-0.1, -0.05) is 0 Å². The topological polar surface area (TPSA) is 129 Å². The third kappa shape index (κ3) is 2.57. The number of aromatic nitrogens is 4. The Hall–Kier alpha value is -3.41. The average molecular weight is 297 g/mol. The molecule has 0 fully saturated rings. The van der Waals surface area contributed by atoms with E-state index in [0.717, 1.165) is 0 Å². The zero-order valence-electron chi connectivity index (χ0n) is 11.5. The molecule has 1 aromatic heterocycles. The molecule has 1 aromatic carbocycles. The smallest absolute Gasteiger partial charge is 0.265 e. The van der Waals surface area contributed by atoms with Crippen LogP contribution >= 0.6 is 0 Å². The van der Waals surface area contributed by atoms with Gasteiger partial charge in [0.15, 0.2) is 6.10 Å². The van der Waals surface area contributed by atoms with Gasteiger partial charge in [-0.25, -0.2) is 0 Å². The van der Waals surface area contributed by atoms with Crippen LogP contribution in [0.25, 0.3) is 5.57 Å². The maximum absolute atomic E-state index is 11.6. The Kier molecular flexibility index (Phi) is 3.41. The van der Waals surface area contributed by atoms with Crippen molar-refractivity contribution in [3.8, 4) is 11.8 Å². The van der Waals surface area contributed by atoms with E-state index in [1.807, 2.05) is 6.07 Å².